The summed E-state index contributed by atoms with van der Waals surface area (Å²) < 4.78 is 0. The summed E-state index contributed by atoms with van der Waals surface area (Å²) in [4.78, 5) is 27.8. The zero-order chi connectivity index (χ0) is 13.5. The fourth-order valence-electron chi connectivity index (χ4n) is 1.55. The van der Waals surface area contributed by atoms with Gasteiger partial charge in [-0.05, 0) is 17.7 Å². The van der Waals surface area contributed by atoms with Crippen LogP contribution in [0.3, 0.4) is 0 Å². The molecule has 0 unspecified atom stereocenters. The van der Waals surface area contributed by atoms with Crippen LogP contribution < -0.4 is 5.48 Å². The van der Waals surface area contributed by atoms with E-state index >= 15 is 0 Å². The van der Waals surface area contributed by atoms with Crippen molar-refractivity contribution in [2.24, 2.45) is 0 Å². The second-order valence-corrected chi connectivity index (χ2v) is 3.93. The van der Waals surface area contributed by atoms with E-state index in [1.807, 2.05) is 30.3 Å². The van der Waals surface area contributed by atoms with Gasteiger partial charge in [-0.15, -0.1) is 0 Å². The summed E-state index contributed by atoms with van der Waals surface area (Å²) in [6, 6.07) is 17.7. The van der Waals surface area contributed by atoms with Crippen LogP contribution in [0.5, 0.6) is 0 Å². The van der Waals surface area contributed by atoms with Crippen LogP contribution in [-0.2, 0) is 16.1 Å². The van der Waals surface area contributed by atoms with E-state index in [9.17, 15) is 9.59 Å². The summed E-state index contributed by atoms with van der Waals surface area (Å²) in [5.41, 5.74) is 3.40. The minimum Gasteiger partial charge on any atom is -0.340 e. The van der Waals surface area contributed by atoms with Crippen LogP contribution in [0, 0.1) is 0 Å². The normalized spacial score (nSPS) is 9.68. The van der Waals surface area contributed by atoms with Gasteiger partial charge in [0, 0.05) is 5.56 Å². The van der Waals surface area contributed by atoms with Crippen LogP contribution in [0.15, 0.2) is 60.7 Å². The number of hydrogen-bond donors (Lipinski definition) is 1. The highest BCUT2D eigenvalue weighted by Gasteiger charge is 2.09. The molecule has 4 nitrogen and oxygen atoms in total. The molecule has 0 radical (unpaired) electrons. The van der Waals surface area contributed by atoms with Gasteiger partial charge in [0.1, 0.15) is 0 Å². The highest BCUT2D eigenvalue weighted by molar-refractivity contribution is 5.94. The fraction of sp³-hybridized carbons (Fsp3) is 0.0667. The molecule has 1 N–H and O–H groups in total. The maximum atomic E-state index is 11.6. The number of amides is 1. The molecule has 0 spiro atoms. The first-order valence-corrected chi connectivity index (χ1v) is 5.84. The van der Waals surface area contributed by atoms with Crippen molar-refractivity contribution in [2.75, 3.05) is 0 Å². The average molecular weight is 255 g/mol. The van der Waals surface area contributed by atoms with E-state index in [0.29, 0.717) is 5.56 Å². The van der Waals surface area contributed by atoms with Crippen molar-refractivity contribution in [1.82, 2.24) is 5.48 Å². The molecule has 0 bridgehead atoms. The number of nitrogens with one attached hydrogen (secondary N) is 1. The number of hydrogen-bond acceptors (Lipinski definition) is 3. The van der Waals surface area contributed by atoms with E-state index in [2.05, 4.69) is 5.48 Å². The Bertz CT molecular complexity index is 552. The van der Waals surface area contributed by atoms with Gasteiger partial charge in [0.2, 0.25) is 0 Å². The molecule has 0 fully saturated rings. The maximum Gasteiger partial charge on any atom is 0.336 e. The minimum absolute atomic E-state index is 0.121. The average Bonchev–Trinajstić information content (AvgIpc) is 2.47. The van der Waals surface area contributed by atoms with Crippen molar-refractivity contribution in [1.29, 1.82) is 0 Å². The summed E-state index contributed by atoms with van der Waals surface area (Å²) in [6.07, 6.45) is 0.121. The van der Waals surface area contributed by atoms with Gasteiger partial charge in [-0.1, -0.05) is 48.5 Å². The zero-order valence-electron chi connectivity index (χ0n) is 10.2. The molecule has 0 saturated heterocycles. The summed E-state index contributed by atoms with van der Waals surface area (Å²) in [5.74, 6) is -0.947. The molecule has 0 aliphatic heterocycles. The Morgan fingerprint density at radius 3 is 2.11 bits per heavy atom. The number of carbonyl (C=O) groups excluding carboxylic acids is 2. The molecule has 19 heavy (non-hydrogen) atoms. The van der Waals surface area contributed by atoms with E-state index < -0.39 is 11.9 Å². The Balaban J connectivity index is 1.83. The van der Waals surface area contributed by atoms with Gasteiger partial charge in [0.25, 0.3) is 5.91 Å². The van der Waals surface area contributed by atoms with Crippen LogP contribution in [0.2, 0.25) is 0 Å². The molecule has 0 aliphatic carbocycles. The van der Waals surface area contributed by atoms with Gasteiger partial charge < -0.3 is 4.84 Å². The largest absolute Gasteiger partial charge is 0.340 e. The monoisotopic (exact) mass is 255 g/mol. The van der Waals surface area contributed by atoms with E-state index in [0.717, 1.165) is 5.56 Å². The molecule has 0 aromatic heterocycles. The predicted octanol–water partition coefficient (Wildman–Crippen LogP) is 2.12. The van der Waals surface area contributed by atoms with Gasteiger partial charge in [0.15, 0.2) is 0 Å². The van der Waals surface area contributed by atoms with Crippen molar-refractivity contribution in [3.8, 4) is 0 Å². The molecule has 0 saturated carbocycles. The quantitative estimate of drug-likeness (QED) is 0.855. The molecular formula is C15H13NO3. The molecule has 4 heteroatoms. The van der Waals surface area contributed by atoms with Crippen LogP contribution in [-0.4, -0.2) is 11.9 Å². The van der Waals surface area contributed by atoms with Gasteiger partial charge >= 0.3 is 5.97 Å². The van der Waals surface area contributed by atoms with Crippen molar-refractivity contribution in [3.63, 3.8) is 0 Å². The summed E-state index contributed by atoms with van der Waals surface area (Å²) in [6.45, 7) is 0. The Kier molecular flexibility index (Phi) is 4.29. The first-order valence-electron chi connectivity index (χ1n) is 5.84. The molecular weight excluding hydrogens is 242 g/mol. The molecule has 0 atom stereocenters. The van der Waals surface area contributed by atoms with Gasteiger partial charge in [-0.3, -0.25) is 4.79 Å². The Morgan fingerprint density at radius 2 is 1.47 bits per heavy atom. The molecule has 0 aliphatic rings. The first kappa shape index (κ1) is 12.8. The molecule has 2 rings (SSSR count). The molecule has 1 amide bonds. The lowest BCUT2D eigenvalue weighted by Gasteiger charge is -2.05. The third-order valence-electron chi connectivity index (χ3n) is 2.48. The number of carbonyl (C=O) groups is 2. The third-order valence-corrected chi connectivity index (χ3v) is 2.48. The van der Waals surface area contributed by atoms with Crippen molar-refractivity contribution >= 4 is 11.9 Å². The van der Waals surface area contributed by atoms with Gasteiger partial charge in [-0.25, -0.2) is 4.79 Å². The van der Waals surface area contributed by atoms with Crippen molar-refractivity contribution in [2.45, 2.75) is 6.42 Å². The minimum atomic E-state index is -0.504. The smallest absolute Gasteiger partial charge is 0.336 e. The lowest BCUT2D eigenvalue weighted by Crippen LogP contribution is -2.27. The highest BCUT2D eigenvalue weighted by Crippen LogP contribution is 2.01. The summed E-state index contributed by atoms with van der Waals surface area (Å²) >= 11 is 0. The lowest BCUT2D eigenvalue weighted by molar-refractivity contribution is -0.148. The standard InChI is InChI=1S/C15H13NO3/c17-14(11-12-7-3-1-4-8-12)19-16-15(18)13-9-5-2-6-10-13/h1-10H,11H2,(H,16,18). The SMILES string of the molecule is O=C(Cc1ccccc1)ONC(=O)c1ccccc1. The topological polar surface area (TPSA) is 55.4 Å². The number of hydroxylamine groups is 1. The molecule has 0 heterocycles. The third kappa shape index (κ3) is 3.96. The lowest BCUT2D eigenvalue weighted by atomic mass is 10.2. The Labute approximate surface area is 111 Å². The number of benzene rings is 2. The first-order chi connectivity index (χ1) is 9.25. The predicted molar refractivity (Wildman–Crippen MR) is 70.1 cm³/mol. The fourth-order valence-corrected chi connectivity index (χ4v) is 1.55. The van der Waals surface area contributed by atoms with Gasteiger partial charge in [0.05, 0.1) is 6.42 Å². The van der Waals surface area contributed by atoms with Crippen LogP contribution in [0.4, 0.5) is 0 Å². The summed E-state index contributed by atoms with van der Waals surface area (Å²) in [5, 5.41) is 0. The Morgan fingerprint density at radius 1 is 0.895 bits per heavy atom. The molecule has 2 aromatic rings. The van der Waals surface area contributed by atoms with E-state index in [1.54, 1.807) is 30.3 Å². The second-order valence-electron chi connectivity index (χ2n) is 3.93. The maximum absolute atomic E-state index is 11.6. The zero-order valence-corrected chi connectivity index (χ0v) is 10.2. The van der Waals surface area contributed by atoms with Gasteiger partial charge in [-0.2, -0.15) is 5.48 Å². The highest BCUT2D eigenvalue weighted by atomic mass is 16.7. The molecule has 2 aromatic carbocycles. The van der Waals surface area contributed by atoms with E-state index in [4.69, 9.17) is 4.84 Å². The van der Waals surface area contributed by atoms with E-state index in [-0.39, 0.29) is 6.42 Å². The van der Waals surface area contributed by atoms with E-state index in [1.165, 1.54) is 0 Å². The number of rotatable bonds is 3. The van der Waals surface area contributed by atoms with Crippen LogP contribution in [0.1, 0.15) is 15.9 Å². The van der Waals surface area contributed by atoms with Crippen molar-refractivity contribution < 1.29 is 14.4 Å². The molecule has 96 valence electrons. The second kappa shape index (κ2) is 6.35. The Hall–Kier alpha value is -2.62. The summed E-state index contributed by atoms with van der Waals surface area (Å²) in [7, 11) is 0. The van der Waals surface area contributed by atoms with Crippen LogP contribution >= 0.6 is 0 Å². The van der Waals surface area contributed by atoms with Crippen molar-refractivity contribution in [3.05, 3.63) is 71.8 Å². The van der Waals surface area contributed by atoms with Crippen LogP contribution in [0.25, 0.3) is 0 Å².